The Morgan fingerprint density at radius 1 is 1.38 bits per heavy atom. The summed E-state index contributed by atoms with van der Waals surface area (Å²) >= 11 is 5.41. The molecule has 2 rings (SSSR count). The standard InChI is InChI=1S/C13H20BrNS/c1-12(2,3)15-9-13(6-7-13)8-10-4-5-11(14)16-10/h4-5,15H,6-9H2,1-3H3. The van der Waals surface area contributed by atoms with E-state index >= 15 is 0 Å². The summed E-state index contributed by atoms with van der Waals surface area (Å²) in [5, 5.41) is 3.64. The fraction of sp³-hybridized carbons (Fsp3) is 0.692. The van der Waals surface area contributed by atoms with E-state index in [-0.39, 0.29) is 5.54 Å². The second-order valence-electron chi connectivity index (χ2n) is 5.99. The van der Waals surface area contributed by atoms with Gasteiger partial charge in [-0.1, -0.05) is 0 Å². The summed E-state index contributed by atoms with van der Waals surface area (Å²) in [6.07, 6.45) is 4.00. The molecular weight excluding hydrogens is 282 g/mol. The molecule has 0 amide bonds. The summed E-state index contributed by atoms with van der Waals surface area (Å²) in [4.78, 5) is 1.51. The van der Waals surface area contributed by atoms with Crippen LogP contribution in [-0.4, -0.2) is 12.1 Å². The van der Waals surface area contributed by atoms with Crippen molar-refractivity contribution in [3.05, 3.63) is 20.8 Å². The first-order chi connectivity index (χ1) is 7.39. The molecule has 0 bridgehead atoms. The van der Waals surface area contributed by atoms with Crippen LogP contribution in [0.2, 0.25) is 0 Å². The van der Waals surface area contributed by atoms with Crippen molar-refractivity contribution in [2.75, 3.05) is 6.54 Å². The van der Waals surface area contributed by atoms with Crippen LogP contribution in [0.15, 0.2) is 15.9 Å². The van der Waals surface area contributed by atoms with Gasteiger partial charge in [0.05, 0.1) is 3.79 Å². The van der Waals surface area contributed by atoms with E-state index in [9.17, 15) is 0 Å². The van der Waals surface area contributed by atoms with Crippen molar-refractivity contribution < 1.29 is 0 Å². The van der Waals surface area contributed by atoms with Crippen LogP contribution in [0, 0.1) is 5.41 Å². The summed E-state index contributed by atoms with van der Waals surface area (Å²) < 4.78 is 1.25. The van der Waals surface area contributed by atoms with Crippen LogP contribution < -0.4 is 5.32 Å². The lowest BCUT2D eigenvalue weighted by Gasteiger charge is -2.25. The summed E-state index contributed by atoms with van der Waals surface area (Å²) in [6, 6.07) is 4.42. The number of thiophene rings is 1. The molecule has 16 heavy (non-hydrogen) atoms. The fourth-order valence-corrected chi connectivity index (χ4v) is 3.52. The third kappa shape index (κ3) is 3.57. The SMILES string of the molecule is CC(C)(C)NCC1(Cc2ccc(Br)s2)CC1. The normalized spacial score (nSPS) is 18.8. The van der Waals surface area contributed by atoms with Crippen LogP contribution in [0.4, 0.5) is 0 Å². The Morgan fingerprint density at radius 3 is 2.50 bits per heavy atom. The quantitative estimate of drug-likeness (QED) is 0.878. The van der Waals surface area contributed by atoms with Crippen molar-refractivity contribution in [2.45, 2.75) is 45.6 Å². The minimum atomic E-state index is 0.242. The molecule has 0 aliphatic heterocycles. The molecule has 0 spiro atoms. The topological polar surface area (TPSA) is 12.0 Å². The average Bonchev–Trinajstić information content (AvgIpc) is 2.80. The zero-order valence-electron chi connectivity index (χ0n) is 10.3. The van der Waals surface area contributed by atoms with E-state index in [1.165, 1.54) is 27.9 Å². The highest BCUT2D eigenvalue weighted by Crippen LogP contribution is 2.49. The Morgan fingerprint density at radius 2 is 2.06 bits per heavy atom. The van der Waals surface area contributed by atoms with Gasteiger partial charge in [0.1, 0.15) is 0 Å². The van der Waals surface area contributed by atoms with Crippen LogP contribution in [0.1, 0.15) is 38.5 Å². The molecular formula is C13H20BrNS. The Kier molecular flexibility index (Phi) is 3.49. The molecule has 1 fully saturated rings. The Hall–Kier alpha value is 0.140. The largest absolute Gasteiger partial charge is 0.312 e. The van der Waals surface area contributed by atoms with E-state index in [1.54, 1.807) is 0 Å². The van der Waals surface area contributed by atoms with Gasteiger partial charge in [-0.25, -0.2) is 0 Å². The average molecular weight is 302 g/mol. The molecule has 1 saturated carbocycles. The number of hydrogen-bond acceptors (Lipinski definition) is 2. The molecule has 1 heterocycles. The van der Waals surface area contributed by atoms with E-state index in [2.05, 4.69) is 54.2 Å². The summed E-state index contributed by atoms with van der Waals surface area (Å²) in [5.74, 6) is 0. The Bertz CT molecular complexity index is 360. The molecule has 1 aliphatic rings. The molecule has 1 aromatic heterocycles. The summed E-state index contributed by atoms with van der Waals surface area (Å²) in [6.45, 7) is 7.88. The Balaban J connectivity index is 1.89. The van der Waals surface area contributed by atoms with Crippen molar-refractivity contribution in [1.29, 1.82) is 0 Å². The maximum absolute atomic E-state index is 3.64. The molecule has 1 aliphatic carbocycles. The van der Waals surface area contributed by atoms with Gasteiger partial charge in [0.2, 0.25) is 0 Å². The van der Waals surface area contributed by atoms with Gasteiger partial charge in [-0.05, 0) is 73.5 Å². The molecule has 1 nitrogen and oxygen atoms in total. The summed E-state index contributed by atoms with van der Waals surface area (Å²) in [5.41, 5.74) is 0.795. The molecule has 1 aromatic rings. The van der Waals surface area contributed by atoms with E-state index in [0.29, 0.717) is 5.41 Å². The van der Waals surface area contributed by atoms with Gasteiger partial charge >= 0.3 is 0 Å². The van der Waals surface area contributed by atoms with Crippen LogP contribution in [0.3, 0.4) is 0 Å². The Labute approximate surface area is 111 Å². The molecule has 1 N–H and O–H groups in total. The summed E-state index contributed by atoms with van der Waals surface area (Å²) in [7, 11) is 0. The van der Waals surface area contributed by atoms with Gasteiger partial charge < -0.3 is 5.32 Å². The second kappa shape index (κ2) is 4.43. The minimum Gasteiger partial charge on any atom is -0.312 e. The van der Waals surface area contributed by atoms with Gasteiger partial charge in [-0.3, -0.25) is 0 Å². The first-order valence-electron chi connectivity index (χ1n) is 5.88. The highest BCUT2D eigenvalue weighted by Gasteiger charge is 2.42. The lowest BCUT2D eigenvalue weighted by molar-refractivity contribution is 0.357. The van der Waals surface area contributed by atoms with E-state index in [0.717, 1.165) is 6.54 Å². The van der Waals surface area contributed by atoms with Crippen molar-refractivity contribution in [2.24, 2.45) is 5.41 Å². The predicted molar refractivity (Wildman–Crippen MR) is 75.1 cm³/mol. The van der Waals surface area contributed by atoms with Crippen molar-refractivity contribution in [3.63, 3.8) is 0 Å². The molecule has 90 valence electrons. The van der Waals surface area contributed by atoms with Crippen molar-refractivity contribution >= 4 is 27.3 Å². The monoisotopic (exact) mass is 301 g/mol. The lowest BCUT2D eigenvalue weighted by Crippen LogP contribution is -2.40. The lowest BCUT2D eigenvalue weighted by atomic mass is 9.99. The van der Waals surface area contributed by atoms with Gasteiger partial charge in [-0.15, -0.1) is 11.3 Å². The van der Waals surface area contributed by atoms with Crippen LogP contribution in [0.25, 0.3) is 0 Å². The van der Waals surface area contributed by atoms with Gasteiger partial charge in [0.15, 0.2) is 0 Å². The molecule has 0 saturated heterocycles. The van der Waals surface area contributed by atoms with Crippen LogP contribution in [0.5, 0.6) is 0 Å². The van der Waals surface area contributed by atoms with E-state index in [4.69, 9.17) is 0 Å². The number of halogens is 1. The molecule has 0 radical (unpaired) electrons. The third-order valence-electron chi connectivity index (χ3n) is 3.13. The highest BCUT2D eigenvalue weighted by molar-refractivity contribution is 9.11. The number of nitrogens with one attached hydrogen (secondary N) is 1. The first-order valence-corrected chi connectivity index (χ1v) is 7.49. The van der Waals surface area contributed by atoms with E-state index < -0.39 is 0 Å². The van der Waals surface area contributed by atoms with Crippen LogP contribution >= 0.6 is 27.3 Å². The van der Waals surface area contributed by atoms with Gasteiger partial charge in [-0.2, -0.15) is 0 Å². The molecule has 0 unspecified atom stereocenters. The first kappa shape index (κ1) is 12.6. The minimum absolute atomic E-state index is 0.242. The molecule has 0 atom stereocenters. The maximum Gasteiger partial charge on any atom is 0.0701 e. The van der Waals surface area contributed by atoms with Crippen LogP contribution in [-0.2, 0) is 6.42 Å². The number of hydrogen-bond donors (Lipinski definition) is 1. The third-order valence-corrected chi connectivity index (χ3v) is 4.75. The molecule has 3 heteroatoms. The maximum atomic E-state index is 3.64. The zero-order valence-corrected chi connectivity index (χ0v) is 12.7. The smallest absolute Gasteiger partial charge is 0.0701 e. The number of rotatable bonds is 4. The van der Waals surface area contributed by atoms with Crippen molar-refractivity contribution in [1.82, 2.24) is 5.32 Å². The van der Waals surface area contributed by atoms with Gasteiger partial charge in [0, 0.05) is 17.0 Å². The highest BCUT2D eigenvalue weighted by atomic mass is 79.9. The second-order valence-corrected chi connectivity index (χ2v) is 8.53. The fourth-order valence-electron chi connectivity index (χ4n) is 1.86. The molecule has 0 aromatic carbocycles. The zero-order chi connectivity index (χ0) is 11.8. The van der Waals surface area contributed by atoms with Gasteiger partial charge in [0.25, 0.3) is 0 Å². The predicted octanol–water partition coefficient (Wildman–Crippen LogP) is 4.22. The van der Waals surface area contributed by atoms with Crippen molar-refractivity contribution in [3.8, 4) is 0 Å². The van der Waals surface area contributed by atoms with E-state index in [1.807, 2.05) is 11.3 Å².